The normalized spacial score (nSPS) is 12.7. The molecule has 0 radical (unpaired) electrons. The molecule has 0 aliphatic heterocycles. The van der Waals surface area contributed by atoms with Gasteiger partial charge in [-0.3, -0.25) is 4.79 Å². The lowest BCUT2D eigenvalue weighted by molar-refractivity contribution is -0.115. The van der Waals surface area contributed by atoms with Crippen molar-refractivity contribution < 1.29 is 17.9 Å². The Morgan fingerprint density at radius 1 is 1.43 bits per heavy atom. The van der Waals surface area contributed by atoms with Gasteiger partial charge in [-0.25, -0.2) is 8.42 Å². The molecule has 118 valence electrons. The first-order valence-corrected chi connectivity index (χ1v) is 8.49. The standard InChI is InChI=1S/C14H22N2O4S/c1-4-5-8-21(18,19)10(2)14(17)16-13-7-6-11(20-3)9-12(13)15/h6-7,9-10H,4-5,8,15H2,1-3H3,(H,16,17). The summed E-state index contributed by atoms with van der Waals surface area (Å²) < 4.78 is 29.0. The maximum Gasteiger partial charge on any atom is 0.242 e. The molecule has 1 unspecified atom stereocenters. The second-order valence-corrected chi connectivity index (χ2v) is 7.25. The monoisotopic (exact) mass is 314 g/mol. The topological polar surface area (TPSA) is 98.5 Å². The number of carbonyl (C=O) groups is 1. The van der Waals surface area contributed by atoms with Crippen LogP contribution in [0.15, 0.2) is 18.2 Å². The fraction of sp³-hybridized carbons (Fsp3) is 0.500. The smallest absolute Gasteiger partial charge is 0.242 e. The molecule has 7 heteroatoms. The summed E-state index contributed by atoms with van der Waals surface area (Å²) >= 11 is 0. The molecule has 1 aromatic carbocycles. The Morgan fingerprint density at radius 3 is 2.62 bits per heavy atom. The molecule has 0 aliphatic rings. The van der Waals surface area contributed by atoms with E-state index < -0.39 is 21.0 Å². The molecule has 1 amide bonds. The fourth-order valence-corrected chi connectivity index (χ4v) is 3.13. The van der Waals surface area contributed by atoms with Crippen LogP contribution in [0.3, 0.4) is 0 Å². The first kappa shape index (κ1) is 17.3. The van der Waals surface area contributed by atoms with Crippen molar-refractivity contribution in [2.45, 2.75) is 31.9 Å². The molecule has 6 nitrogen and oxygen atoms in total. The van der Waals surface area contributed by atoms with Gasteiger partial charge in [-0.1, -0.05) is 13.3 Å². The van der Waals surface area contributed by atoms with Gasteiger partial charge >= 0.3 is 0 Å². The van der Waals surface area contributed by atoms with Crippen LogP contribution in [-0.4, -0.2) is 32.4 Å². The van der Waals surface area contributed by atoms with Gasteiger partial charge in [0, 0.05) is 6.07 Å². The Balaban J connectivity index is 2.81. The average molecular weight is 314 g/mol. The molecule has 0 heterocycles. The number of rotatable bonds is 7. The number of carbonyl (C=O) groups excluding carboxylic acids is 1. The lowest BCUT2D eigenvalue weighted by Gasteiger charge is -2.14. The Hall–Kier alpha value is -1.76. The molecular weight excluding hydrogens is 292 g/mol. The van der Waals surface area contributed by atoms with Gasteiger partial charge in [0.25, 0.3) is 0 Å². The molecule has 0 aliphatic carbocycles. The maximum atomic E-state index is 12.1. The van der Waals surface area contributed by atoms with E-state index in [1.807, 2.05) is 6.92 Å². The first-order valence-electron chi connectivity index (χ1n) is 6.77. The molecular formula is C14H22N2O4S. The van der Waals surface area contributed by atoms with Gasteiger partial charge in [-0.15, -0.1) is 0 Å². The molecule has 0 saturated heterocycles. The zero-order valence-corrected chi connectivity index (χ0v) is 13.4. The summed E-state index contributed by atoms with van der Waals surface area (Å²) in [7, 11) is -1.94. The van der Waals surface area contributed by atoms with Crippen LogP contribution in [0.2, 0.25) is 0 Å². The third kappa shape index (κ3) is 4.63. The van der Waals surface area contributed by atoms with Gasteiger partial charge in [0.15, 0.2) is 9.84 Å². The Bertz CT molecular complexity index is 599. The van der Waals surface area contributed by atoms with E-state index in [4.69, 9.17) is 10.5 Å². The number of amides is 1. The molecule has 1 aromatic rings. The van der Waals surface area contributed by atoms with Crippen LogP contribution >= 0.6 is 0 Å². The zero-order chi connectivity index (χ0) is 16.0. The molecule has 3 N–H and O–H groups in total. The summed E-state index contributed by atoms with van der Waals surface area (Å²) in [5.74, 6) is -0.00649. The predicted octanol–water partition coefficient (Wildman–Crippen LogP) is 1.82. The van der Waals surface area contributed by atoms with E-state index >= 15 is 0 Å². The fourth-order valence-electron chi connectivity index (χ4n) is 1.70. The summed E-state index contributed by atoms with van der Waals surface area (Å²) in [5, 5.41) is 1.44. The van der Waals surface area contributed by atoms with Gasteiger partial charge in [0.2, 0.25) is 5.91 Å². The number of nitrogens with one attached hydrogen (secondary N) is 1. The van der Waals surface area contributed by atoms with E-state index in [0.29, 0.717) is 23.5 Å². The quantitative estimate of drug-likeness (QED) is 0.748. The summed E-state index contributed by atoms with van der Waals surface area (Å²) in [6, 6.07) is 4.78. The van der Waals surface area contributed by atoms with Crippen molar-refractivity contribution >= 4 is 27.1 Å². The number of ether oxygens (including phenoxy) is 1. The average Bonchev–Trinajstić information content (AvgIpc) is 2.46. The van der Waals surface area contributed by atoms with Gasteiger partial charge in [-0.2, -0.15) is 0 Å². The van der Waals surface area contributed by atoms with Crippen molar-refractivity contribution in [2.75, 3.05) is 23.9 Å². The summed E-state index contributed by atoms with van der Waals surface area (Å²) in [6.07, 6.45) is 1.31. The van der Waals surface area contributed by atoms with E-state index in [0.717, 1.165) is 6.42 Å². The molecule has 0 aromatic heterocycles. The number of hydrogen-bond acceptors (Lipinski definition) is 5. The first-order chi connectivity index (χ1) is 9.81. The minimum atomic E-state index is -3.44. The summed E-state index contributed by atoms with van der Waals surface area (Å²) in [5.41, 5.74) is 6.48. The van der Waals surface area contributed by atoms with E-state index in [1.54, 1.807) is 18.2 Å². The minimum absolute atomic E-state index is 0.0101. The van der Waals surface area contributed by atoms with Crippen LogP contribution in [0.25, 0.3) is 0 Å². The summed E-state index contributed by atoms with van der Waals surface area (Å²) in [6.45, 7) is 3.29. The highest BCUT2D eigenvalue weighted by Gasteiger charge is 2.27. The number of sulfone groups is 1. The van der Waals surface area contributed by atoms with Crippen molar-refractivity contribution in [3.8, 4) is 5.75 Å². The lowest BCUT2D eigenvalue weighted by atomic mass is 10.2. The van der Waals surface area contributed by atoms with Gasteiger partial charge < -0.3 is 15.8 Å². The second kappa shape index (κ2) is 7.31. The predicted molar refractivity (Wildman–Crippen MR) is 84.2 cm³/mol. The van der Waals surface area contributed by atoms with Crippen molar-refractivity contribution in [1.82, 2.24) is 0 Å². The second-order valence-electron chi connectivity index (χ2n) is 4.81. The number of nitrogen functional groups attached to an aromatic ring is 1. The van der Waals surface area contributed by atoms with Crippen molar-refractivity contribution in [3.63, 3.8) is 0 Å². The molecule has 0 saturated carbocycles. The largest absolute Gasteiger partial charge is 0.497 e. The SMILES string of the molecule is CCCCS(=O)(=O)C(C)C(=O)Nc1ccc(OC)cc1N. The van der Waals surface area contributed by atoms with Crippen LogP contribution in [-0.2, 0) is 14.6 Å². The molecule has 21 heavy (non-hydrogen) atoms. The third-order valence-electron chi connectivity index (χ3n) is 3.21. The van der Waals surface area contributed by atoms with E-state index in [9.17, 15) is 13.2 Å². The highest BCUT2D eigenvalue weighted by Crippen LogP contribution is 2.24. The van der Waals surface area contributed by atoms with Gasteiger partial charge in [0.1, 0.15) is 11.0 Å². The number of unbranched alkanes of at least 4 members (excludes halogenated alkanes) is 1. The number of methoxy groups -OCH3 is 1. The Labute approximate surface area is 125 Å². The maximum absolute atomic E-state index is 12.1. The van der Waals surface area contributed by atoms with E-state index in [2.05, 4.69) is 5.32 Å². The number of benzene rings is 1. The van der Waals surface area contributed by atoms with Crippen molar-refractivity contribution in [3.05, 3.63) is 18.2 Å². The molecule has 0 fully saturated rings. The van der Waals surface area contributed by atoms with Gasteiger partial charge in [-0.05, 0) is 25.5 Å². The number of anilines is 2. The Kier molecular flexibility index (Phi) is 6.02. The highest BCUT2D eigenvalue weighted by atomic mass is 32.2. The minimum Gasteiger partial charge on any atom is -0.497 e. The van der Waals surface area contributed by atoms with Crippen LogP contribution in [0.1, 0.15) is 26.7 Å². The third-order valence-corrected chi connectivity index (χ3v) is 5.36. The highest BCUT2D eigenvalue weighted by molar-refractivity contribution is 7.92. The van der Waals surface area contributed by atoms with Gasteiger partial charge in [0.05, 0.1) is 24.2 Å². The lowest BCUT2D eigenvalue weighted by Crippen LogP contribution is -2.34. The zero-order valence-electron chi connectivity index (χ0n) is 12.5. The molecule has 0 bridgehead atoms. The van der Waals surface area contributed by atoms with Crippen LogP contribution < -0.4 is 15.8 Å². The van der Waals surface area contributed by atoms with E-state index in [1.165, 1.54) is 14.0 Å². The number of nitrogens with two attached hydrogens (primary N) is 1. The number of hydrogen-bond donors (Lipinski definition) is 2. The van der Waals surface area contributed by atoms with Crippen molar-refractivity contribution in [1.29, 1.82) is 0 Å². The molecule has 1 atom stereocenters. The van der Waals surface area contributed by atoms with E-state index in [-0.39, 0.29) is 5.75 Å². The Morgan fingerprint density at radius 2 is 2.10 bits per heavy atom. The van der Waals surface area contributed by atoms with Crippen LogP contribution in [0.5, 0.6) is 5.75 Å². The molecule has 0 spiro atoms. The van der Waals surface area contributed by atoms with Crippen LogP contribution in [0.4, 0.5) is 11.4 Å². The summed E-state index contributed by atoms with van der Waals surface area (Å²) in [4.78, 5) is 12.1. The van der Waals surface area contributed by atoms with Crippen molar-refractivity contribution in [2.24, 2.45) is 0 Å². The molecule has 1 rings (SSSR count). The van der Waals surface area contributed by atoms with Crippen LogP contribution in [0, 0.1) is 0 Å².